The summed E-state index contributed by atoms with van der Waals surface area (Å²) in [6, 6.07) is 16.8. The SMILES string of the molecule is COc1cccc(CN(C(=O)CN(c2cc(Cl)cc(Cl)c2)S(=O)(=O)c2ccc(C)cc2)[C@@H](C)C(=O)NCC(C)C)c1. The first-order valence-corrected chi connectivity index (χ1v) is 15.3. The van der Waals surface area contributed by atoms with Crippen LogP contribution in [0.4, 0.5) is 5.69 Å². The number of carbonyl (C=O) groups is 2. The summed E-state index contributed by atoms with van der Waals surface area (Å²) in [6.07, 6.45) is 0. The van der Waals surface area contributed by atoms with Crippen LogP contribution >= 0.6 is 23.2 Å². The van der Waals surface area contributed by atoms with Gasteiger partial charge in [-0.3, -0.25) is 13.9 Å². The van der Waals surface area contributed by atoms with Crippen LogP contribution < -0.4 is 14.4 Å². The van der Waals surface area contributed by atoms with Gasteiger partial charge in [-0.15, -0.1) is 0 Å². The second-order valence-corrected chi connectivity index (χ2v) is 12.9. The molecule has 0 aliphatic heterocycles. The van der Waals surface area contributed by atoms with Crippen LogP contribution in [-0.2, 0) is 26.2 Å². The standard InChI is InChI=1S/C30H35Cl2N3O5S/c1-20(2)17-33-30(37)22(4)34(18-23-7-6-8-27(13-23)40-5)29(36)19-35(26-15-24(31)14-25(32)16-26)41(38,39)28-11-9-21(3)10-12-28/h6-16,20,22H,17-19H2,1-5H3,(H,33,37)/t22-/m0/s1. The number of amides is 2. The molecule has 0 aliphatic carbocycles. The van der Waals surface area contributed by atoms with Gasteiger partial charge >= 0.3 is 0 Å². The Morgan fingerprint density at radius 3 is 2.17 bits per heavy atom. The van der Waals surface area contributed by atoms with E-state index in [4.69, 9.17) is 27.9 Å². The molecule has 0 spiro atoms. The minimum Gasteiger partial charge on any atom is -0.497 e. The number of aryl methyl sites for hydroxylation is 1. The number of methoxy groups -OCH3 is 1. The van der Waals surface area contributed by atoms with Crippen molar-refractivity contribution in [3.05, 3.63) is 87.9 Å². The molecule has 0 aliphatic rings. The third-order valence-electron chi connectivity index (χ3n) is 6.36. The van der Waals surface area contributed by atoms with Gasteiger partial charge in [0.15, 0.2) is 0 Å². The van der Waals surface area contributed by atoms with Crippen LogP contribution in [0.2, 0.25) is 10.0 Å². The fraction of sp³-hybridized carbons (Fsp3) is 0.333. The Kier molecular flexibility index (Phi) is 11.1. The van der Waals surface area contributed by atoms with Gasteiger partial charge in [0.05, 0.1) is 17.7 Å². The van der Waals surface area contributed by atoms with E-state index >= 15 is 0 Å². The molecule has 0 saturated carbocycles. The molecule has 0 unspecified atom stereocenters. The highest BCUT2D eigenvalue weighted by atomic mass is 35.5. The van der Waals surface area contributed by atoms with Crippen molar-refractivity contribution in [3.63, 3.8) is 0 Å². The summed E-state index contributed by atoms with van der Waals surface area (Å²) in [5, 5.41) is 3.28. The number of anilines is 1. The Morgan fingerprint density at radius 1 is 0.951 bits per heavy atom. The lowest BCUT2D eigenvalue weighted by molar-refractivity contribution is -0.139. The van der Waals surface area contributed by atoms with E-state index in [0.717, 1.165) is 9.87 Å². The van der Waals surface area contributed by atoms with E-state index in [1.165, 1.54) is 42.3 Å². The first-order chi connectivity index (χ1) is 19.3. The lowest BCUT2D eigenvalue weighted by Crippen LogP contribution is -2.51. The topological polar surface area (TPSA) is 96.0 Å². The number of halogens is 2. The maximum absolute atomic E-state index is 14.0. The van der Waals surface area contributed by atoms with Gasteiger partial charge in [-0.2, -0.15) is 0 Å². The lowest BCUT2D eigenvalue weighted by Gasteiger charge is -2.32. The summed E-state index contributed by atoms with van der Waals surface area (Å²) >= 11 is 12.5. The molecule has 1 N–H and O–H groups in total. The molecule has 41 heavy (non-hydrogen) atoms. The van der Waals surface area contributed by atoms with Crippen LogP contribution in [0.3, 0.4) is 0 Å². The highest BCUT2D eigenvalue weighted by Gasteiger charge is 2.33. The van der Waals surface area contributed by atoms with E-state index in [2.05, 4.69) is 5.32 Å². The van der Waals surface area contributed by atoms with Crippen molar-refractivity contribution >= 4 is 50.7 Å². The molecule has 0 aromatic heterocycles. The van der Waals surface area contributed by atoms with Crippen molar-refractivity contribution in [1.82, 2.24) is 10.2 Å². The van der Waals surface area contributed by atoms with Crippen LogP contribution in [0.25, 0.3) is 0 Å². The lowest BCUT2D eigenvalue weighted by atomic mass is 10.1. The molecule has 220 valence electrons. The van der Waals surface area contributed by atoms with Crippen molar-refractivity contribution in [1.29, 1.82) is 0 Å². The highest BCUT2D eigenvalue weighted by Crippen LogP contribution is 2.30. The largest absolute Gasteiger partial charge is 0.497 e. The Bertz CT molecular complexity index is 1460. The minimum absolute atomic E-state index is 0.00549. The summed E-state index contributed by atoms with van der Waals surface area (Å²) in [6.45, 7) is 7.26. The number of benzene rings is 3. The number of sulfonamides is 1. The maximum Gasteiger partial charge on any atom is 0.264 e. The monoisotopic (exact) mass is 619 g/mol. The summed E-state index contributed by atoms with van der Waals surface area (Å²) in [5.74, 6) is -0.152. The first kappa shape index (κ1) is 32.2. The van der Waals surface area contributed by atoms with Crippen LogP contribution in [0.5, 0.6) is 5.75 Å². The molecule has 3 aromatic rings. The molecule has 8 nitrogen and oxygen atoms in total. The molecule has 11 heteroatoms. The zero-order valence-corrected chi connectivity index (χ0v) is 26.1. The third kappa shape index (κ3) is 8.61. The van der Waals surface area contributed by atoms with Crippen molar-refractivity contribution < 1.29 is 22.7 Å². The highest BCUT2D eigenvalue weighted by molar-refractivity contribution is 7.92. The number of carbonyl (C=O) groups excluding carboxylic acids is 2. The van der Waals surface area contributed by atoms with Crippen LogP contribution in [0.15, 0.2) is 71.6 Å². The van der Waals surface area contributed by atoms with Gasteiger partial charge in [-0.1, -0.05) is 66.9 Å². The summed E-state index contributed by atoms with van der Waals surface area (Å²) in [7, 11) is -2.70. The molecule has 3 aromatic carbocycles. The van der Waals surface area contributed by atoms with E-state index in [9.17, 15) is 18.0 Å². The molecule has 3 rings (SSSR count). The van der Waals surface area contributed by atoms with E-state index < -0.39 is 28.5 Å². The van der Waals surface area contributed by atoms with Gasteiger partial charge in [0.2, 0.25) is 11.8 Å². The molecule has 0 saturated heterocycles. The number of hydrogen-bond acceptors (Lipinski definition) is 5. The normalized spacial score (nSPS) is 12.1. The molecule has 0 radical (unpaired) electrons. The fourth-order valence-corrected chi connectivity index (χ4v) is 5.96. The van der Waals surface area contributed by atoms with Crippen molar-refractivity contribution in [3.8, 4) is 5.75 Å². The summed E-state index contributed by atoms with van der Waals surface area (Å²) in [5.41, 5.74) is 1.71. The zero-order chi connectivity index (χ0) is 30.3. The smallest absolute Gasteiger partial charge is 0.264 e. The average Bonchev–Trinajstić information content (AvgIpc) is 2.92. The number of rotatable bonds is 12. The average molecular weight is 621 g/mol. The number of ether oxygens (including phenoxy) is 1. The number of hydrogen-bond donors (Lipinski definition) is 1. The van der Waals surface area contributed by atoms with Gasteiger partial charge < -0.3 is 15.0 Å². The van der Waals surface area contributed by atoms with Crippen LogP contribution in [0, 0.1) is 12.8 Å². The molecule has 1 atom stereocenters. The van der Waals surface area contributed by atoms with E-state index in [1.54, 1.807) is 43.3 Å². The Labute approximate surface area is 252 Å². The quantitative estimate of drug-likeness (QED) is 0.281. The molecule has 2 amide bonds. The van der Waals surface area contributed by atoms with Crippen molar-refractivity contribution in [2.24, 2.45) is 5.92 Å². The fourth-order valence-electron chi connectivity index (χ4n) is 4.05. The molecule has 0 fully saturated rings. The summed E-state index contributed by atoms with van der Waals surface area (Å²) in [4.78, 5) is 28.5. The number of nitrogens with zero attached hydrogens (tertiary/aromatic N) is 2. The summed E-state index contributed by atoms with van der Waals surface area (Å²) < 4.78 is 34.1. The molecular formula is C30H35Cl2N3O5S. The second-order valence-electron chi connectivity index (χ2n) is 10.1. The molecular weight excluding hydrogens is 585 g/mol. The Morgan fingerprint density at radius 2 is 1.59 bits per heavy atom. The number of nitrogens with one attached hydrogen (secondary N) is 1. The van der Waals surface area contributed by atoms with E-state index in [1.807, 2.05) is 20.8 Å². The predicted molar refractivity (Wildman–Crippen MR) is 163 cm³/mol. The van der Waals surface area contributed by atoms with Crippen molar-refractivity contribution in [2.45, 2.75) is 45.2 Å². The molecule has 0 heterocycles. The molecule has 0 bridgehead atoms. The predicted octanol–water partition coefficient (Wildman–Crippen LogP) is 5.70. The minimum atomic E-state index is -4.24. The van der Waals surface area contributed by atoms with Gasteiger partial charge in [-0.05, 0) is 67.8 Å². The Hall–Kier alpha value is -3.27. The van der Waals surface area contributed by atoms with Gasteiger partial charge in [0.1, 0.15) is 18.3 Å². The van der Waals surface area contributed by atoms with Gasteiger partial charge in [0.25, 0.3) is 10.0 Å². The first-order valence-electron chi connectivity index (χ1n) is 13.1. The second kappa shape index (κ2) is 14.1. The van der Waals surface area contributed by atoms with Gasteiger partial charge in [0, 0.05) is 23.1 Å². The van der Waals surface area contributed by atoms with E-state index in [-0.39, 0.29) is 39.0 Å². The van der Waals surface area contributed by atoms with Gasteiger partial charge in [-0.25, -0.2) is 8.42 Å². The van der Waals surface area contributed by atoms with Crippen LogP contribution in [0.1, 0.15) is 31.9 Å². The van der Waals surface area contributed by atoms with Crippen molar-refractivity contribution in [2.75, 3.05) is 24.5 Å². The zero-order valence-electron chi connectivity index (χ0n) is 23.7. The maximum atomic E-state index is 14.0. The Balaban J connectivity index is 2.05. The third-order valence-corrected chi connectivity index (χ3v) is 8.59. The van der Waals surface area contributed by atoms with Crippen LogP contribution in [-0.4, -0.2) is 51.4 Å². The van der Waals surface area contributed by atoms with E-state index in [0.29, 0.717) is 17.9 Å².